The zero-order valence-corrected chi connectivity index (χ0v) is 23.4. The molecule has 2 N–H and O–H groups in total. The Morgan fingerprint density at radius 3 is 2.26 bits per heavy atom. The Bertz CT molecular complexity index is 1180. The van der Waals surface area contributed by atoms with E-state index in [4.69, 9.17) is 0 Å². The van der Waals surface area contributed by atoms with Crippen molar-refractivity contribution in [3.8, 4) is 0 Å². The molecule has 0 fully saturated rings. The molecule has 0 aliphatic carbocycles. The van der Waals surface area contributed by atoms with Crippen LogP contribution in [0.1, 0.15) is 59.7 Å². The van der Waals surface area contributed by atoms with Gasteiger partial charge in [-0.2, -0.15) is 0 Å². The number of aromatic nitrogens is 3. The highest BCUT2D eigenvalue weighted by Gasteiger charge is 2.26. The first-order chi connectivity index (χ1) is 16.6. The minimum atomic E-state index is -0.313. The number of hydrogen-bond donors (Lipinski definition) is 2. The smallest absolute Gasteiger partial charge is 0.251 e. The predicted octanol–water partition coefficient (Wildman–Crippen LogP) is 5.84. The summed E-state index contributed by atoms with van der Waals surface area (Å²) in [7, 11) is 0. The topological polar surface area (TPSA) is 88.9 Å². The van der Waals surface area contributed by atoms with Crippen molar-refractivity contribution >= 4 is 45.2 Å². The van der Waals surface area contributed by atoms with E-state index in [2.05, 4.69) is 36.8 Å². The number of halogens is 1. The van der Waals surface area contributed by atoms with Gasteiger partial charge in [-0.3, -0.25) is 9.59 Å². The molecule has 0 aliphatic heterocycles. The second-order valence-corrected chi connectivity index (χ2v) is 10.8. The Hall–Kier alpha value is -2.65. The summed E-state index contributed by atoms with van der Waals surface area (Å²) in [4.78, 5) is 25.6. The maximum Gasteiger partial charge on any atom is 0.251 e. The predicted molar refractivity (Wildman–Crippen MR) is 145 cm³/mol. The molecule has 1 heterocycles. The molecule has 0 saturated carbocycles. The number of amides is 2. The van der Waals surface area contributed by atoms with Crippen LogP contribution in [0.4, 0.5) is 5.69 Å². The normalized spacial score (nSPS) is 12.0. The summed E-state index contributed by atoms with van der Waals surface area (Å²) < 4.78 is 2.95. The van der Waals surface area contributed by atoms with Crippen LogP contribution in [0, 0.1) is 26.7 Å². The van der Waals surface area contributed by atoms with Crippen molar-refractivity contribution in [1.29, 1.82) is 0 Å². The molecular formula is C26H32BrN5O2S. The minimum Gasteiger partial charge on any atom is -0.342 e. The Labute approximate surface area is 219 Å². The molecule has 3 aromatic rings. The molecular weight excluding hydrogens is 526 g/mol. The van der Waals surface area contributed by atoms with Gasteiger partial charge in [0.2, 0.25) is 5.91 Å². The van der Waals surface area contributed by atoms with E-state index in [1.54, 1.807) is 0 Å². The van der Waals surface area contributed by atoms with Crippen LogP contribution < -0.4 is 10.6 Å². The van der Waals surface area contributed by atoms with E-state index in [1.165, 1.54) is 11.8 Å². The monoisotopic (exact) mass is 557 g/mol. The number of hydrogen-bond acceptors (Lipinski definition) is 5. The molecule has 0 saturated heterocycles. The van der Waals surface area contributed by atoms with Gasteiger partial charge in [0.15, 0.2) is 11.0 Å². The second kappa shape index (κ2) is 11.9. The molecule has 186 valence electrons. The first-order valence-corrected chi connectivity index (χ1v) is 13.4. The number of anilines is 1. The van der Waals surface area contributed by atoms with Crippen LogP contribution in [0.2, 0.25) is 0 Å². The molecule has 0 radical (unpaired) electrons. The summed E-state index contributed by atoms with van der Waals surface area (Å²) in [5, 5.41) is 15.5. The molecule has 2 aromatic carbocycles. The lowest BCUT2D eigenvalue weighted by molar-refractivity contribution is -0.113. The summed E-state index contributed by atoms with van der Waals surface area (Å²) in [5.41, 5.74) is 4.53. The number of carbonyl (C=O) groups is 2. The standard InChI is InChI=1S/C26H32BrN5O2S/c1-7-32-24(22(15(2)3)29-25(34)19-10-8-16(4)9-11-19)30-31-26(32)35-14-21(33)28-23-17(5)12-20(27)13-18(23)6/h8-13,15,22H,7,14H2,1-6H3,(H,28,33)(H,29,34)/t22-/m0/s1. The van der Waals surface area contributed by atoms with Crippen LogP contribution >= 0.6 is 27.7 Å². The molecule has 9 heteroatoms. The fourth-order valence-corrected chi connectivity index (χ4v) is 5.30. The molecule has 0 spiro atoms. The van der Waals surface area contributed by atoms with Gasteiger partial charge in [-0.1, -0.05) is 59.2 Å². The number of aryl methyl sites for hydroxylation is 3. The van der Waals surface area contributed by atoms with Crippen molar-refractivity contribution in [1.82, 2.24) is 20.1 Å². The molecule has 0 unspecified atom stereocenters. The van der Waals surface area contributed by atoms with Crippen LogP contribution in [-0.2, 0) is 11.3 Å². The molecule has 1 aromatic heterocycles. The quantitative estimate of drug-likeness (QED) is 0.322. The highest BCUT2D eigenvalue weighted by Crippen LogP contribution is 2.27. The lowest BCUT2D eigenvalue weighted by Crippen LogP contribution is -2.33. The largest absolute Gasteiger partial charge is 0.342 e. The summed E-state index contributed by atoms with van der Waals surface area (Å²) in [6, 6.07) is 11.1. The van der Waals surface area contributed by atoms with Crippen LogP contribution in [0.5, 0.6) is 0 Å². The van der Waals surface area contributed by atoms with Gasteiger partial charge in [0.25, 0.3) is 5.91 Å². The zero-order chi connectivity index (χ0) is 25.7. The average molecular weight is 559 g/mol. The number of nitrogens with zero attached hydrogens (tertiary/aromatic N) is 3. The molecule has 7 nitrogen and oxygen atoms in total. The minimum absolute atomic E-state index is 0.100. The molecule has 1 atom stereocenters. The van der Waals surface area contributed by atoms with Gasteiger partial charge in [-0.15, -0.1) is 10.2 Å². The summed E-state index contributed by atoms with van der Waals surface area (Å²) in [6.07, 6.45) is 0. The maximum atomic E-state index is 12.9. The lowest BCUT2D eigenvalue weighted by atomic mass is 10.0. The third-order valence-electron chi connectivity index (χ3n) is 5.70. The highest BCUT2D eigenvalue weighted by molar-refractivity contribution is 9.10. The third kappa shape index (κ3) is 6.73. The summed E-state index contributed by atoms with van der Waals surface area (Å²) in [5.74, 6) is 0.732. The SMILES string of the molecule is CCn1c(SCC(=O)Nc2c(C)cc(Br)cc2C)nnc1[C@@H](NC(=O)c1ccc(C)cc1)C(C)C. The van der Waals surface area contributed by atoms with E-state index < -0.39 is 0 Å². The lowest BCUT2D eigenvalue weighted by Gasteiger charge is -2.22. The van der Waals surface area contributed by atoms with Crippen molar-refractivity contribution in [2.75, 3.05) is 11.1 Å². The molecule has 3 rings (SSSR count). The van der Waals surface area contributed by atoms with Crippen LogP contribution in [-0.4, -0.2) is 32.3 Å². The van der Waals surface area contributed by atoms with Gasteiger partial charge in [-0.05, 0) is 69.0 Å². The molecule has 2 amide bonds. The van der Waals surface area contributed by atoms with E-state index in [-0.39, 0.29) is 29.5 Å². The number of nitrogens with one attached hydrogen (secondary N) is 2. The van der Waals surface area contributed by atoms with Gasteiger partial charge in [0, 0.05) is 22.3 Å². The summed E-state index contributed by atoms with van der Waals surface area (Å²) in [6.45, 7) is 12.6. The van der Waals surface area contributed by atoms with Crippen molar-refractivity contribution in [3.63, 3.8) is 0 Å². The first-order valence-electron chi connectivity index (χ1n) is 11.6. The highest BCUT2D eigenvalue weighted by atomic mass is 79.9. The van der Waals surface area contributed by atoms with Crippen LogP contribution in [0.25, 0.3) is 0 Å². The van der Waals surface area contributed by atoms with E-state index >= 15 is 0 Å². The van der Waals surface area contributed by atoms with E-state index in [1.807, 2.05) is 82.5 Å². The van der Waals surface area contributed by atoms with Gasteiger partial charge < -0.3 is 15.2 Å². The van der Waals surface area contributed by atoms with Crippen LogP contribution in [0.3, 0.4) is 0 Å². The number of rotatable bonds is 9. The van der Waals surface area contributed by atoms with Crippen LogP contribution in [0.15, 0.2) is 46.0 Å². The molecule has 35 heavy (non-hydrogen) atoms. The van der Waals surface area contributed by atoms with E-state index in [0.29, 0.717) is 23.1 Å². The molecule has 0 bridgehead atoms. The van der Waals surface area contributed by atoms with E-state index in [0.717, 1.165) is 26.9 Å². The maximum absolute atomic E-state index is 12.9. The van der Waals surface area contributed by atoms with E-state index in [9.17, 15) is 9.59 Å². The van der Waals surface area contributed by atoms with Gasteiger partial charge in [-0.25, -0.2) is 0 Å². The second-order valence-electron chi connectivity index (χ2n) is 8.90. The van der Waals surface area contributed by atoms with Gasteiger partial charge >= 0.3 is 0 Å². The van der Waals surface area contributed by atoms with Gasteiger partial charge in [0.1, 0.15) is 0 Å². The Kier molecular flexibility index (Phi) is 9.13. The average Bonchev–Trinajstić information content (AvgIpc) is 3.21. The Balaban J connectivity index is 1.72. The third-order valence-corrected chi connectivity index (χ3v) is 7.13. The van der Waals surface area contributed by atoms with Crippen molar-refractivity contribution < 1.29 is 9.59 Å². The zero-order valence-electron chi connectivity index (χ0n) is 21.0. The summed E-state index contributed by atoms with van der Waals surface area (Å²) >= 11 is 4.82. The fourth-order valence-electron chi connectivity index (χ4n) is 3.81. The Morgan fingerprint density at radius 2 is 1.69 bits per heavy atom. The number of benzene rings is 2. The first kappa shape index (κ1) is 26.9. The van der Waals surface area contributed by atoms with Crippen molar-refractivity contribution in [3.05, 3.63) is 68.9 Å². The molecule has 0 aliphatic rings. The van der Waals surface area contributed by atoms with Gasteiger partial charge in [0.05, 0.1) is 11.8 Å². The Morgan fingerprint density at radius 1 is 1.06 bits per heavy atom. The van der Waals surface area contributed by atoms with Crippen molar-refractivity contribution in [2.45, 2.75) is 59.3 Å². The fraction of sp³-hybridized carbons (Fsp3) is 0.385. The number of carbonyl (C=O) groups excluding carboxylic acids is 2. The number of thioether (sulfide) groups is 1. The van der Waals surface area contributed by atoms with Crippen molar-refractivity contribution in [2.24, 2.45) is 5.92 Å².